The quantitative estimate of drug-likeness (QED) is 0.193. The highest BCUT2D eigenvalue weighted by atomic mass is 16.3. The summed E-state index contributed by atoms with van der Waals surface area (Å²) in [5.74, 6) is -1.68. The molecule has 1 aromatic rings. The van der Waals surface area contributed by atoms with E-state index in [0.29, 0.717) is 31.7 Å². The second kappa shape index (κ2) is 15.6. The van der Waals surface area contributed by atoms with Crippen molar-refractivity contribution >= 4 is 23.6 Å². The van der Waals surface area contributed by atoms with E-state index in [-0.39, 0.29) is 18.0 Å². The number of rotatable bonds is 14. The normalized spacial score (nSPS) is 21.8. The Balaban J connectivity index is 1.74. The van der Waals surface area contributed by atoms with Crippen molar-refractivity contribution in [3.05, 3.63) is 34.7 Å². The summed E-state index contributed by atoms with van der Waals surface area (Å²) in [5, 5.41) is 20.5. The van der Waals surface area contributed by atoms with E-state index < -0.39 is 64.9 Å². The third-order valence-electron chi connectivity index (χ3n) is 9.54. The molecule has 1 saturated heterocycles. The van der Waals surface area contributed by atoms with Gasteiger partial charge in [-0.2, -0.15) is 0 Å². The van der Waals surface area contributed by atoms with Crippen LogP contribution in [0.25, 0.3) is 0 Å². The Morgan fingerprint density at radius 1 is 1.02 bits per heavy atom. The van der Waals surface area contributed by atoms with Gasteiger partial charge < -0.3 is 31.4 Å². The van der Waals surface area contributed by atoms with E-state index in [9.17, 15) is 29.1 Å². The van der Waals surface area contributed by atoms with Crippen LogP contribution in [-0.2, 0) is 20.9 Å². The van der Waals surface area contributed by atoms with Gasteiger partial charge in [-0.15, -0.1) is 0 Å². The zero-order valence-electron chi connectivity index (χ0n) is 28.7. The lowest BCUT2D eigenvalue weighted by atomic mass is 9.81. The molecular weight excluding hydrogens is 588 g/mol. The number of Topliss-reactive ketones (excluding diaryl/α,β-unsaturated/α-hetero) is 1. The number of likely N-dealkylation sites (tertiary alicyclic amines) is 1. The Kier molecular flexibility index (Phi) is 12.6. The van der Waals surface area contributed by atoms with E-state index in [4.69, 9.17) is 5.73 Å². The molecule has 1 aromatic heterocycles. The standard InChI is InChI=1S/C34H56N6O6/c1-21-18-24(30(44)36-23(27(42)29(35)43)15-11-14-22-12-10-13-22)40(19-21)31(45)28(34(5,6)7)38-32(46)37-25(33(2,3)4)20-39-17-9-8-16-26(39)41/h8-9,16-17,21-25,28,31,45H,10-15,18-20H2,1-7H3,(H2,35,43)(H,36,44)(H2,37,38,46)/t21-,23?,24+,25-,28-,31?/m1/s1. The highest BCUT2D eigenvalue weighted by Crippen LogP contribution is 2.32. The summed E-state index contributed by atoms with van der Waals surface area (Å²) >= 11 is 0. The van der Waals surface area contributed by atoms with Gasteiger partial charge in [0.15, 0.2) is 0 Å². The number of nitrogens with two attached hydrogens (primary N) is 1. The molecule has 258 valence electrons. The molecule has 2 heterocycles. The maximum absolute atomic E-state index is 13.7. The minimum atomic E-state index is -1.24. The van der Waals surface area contributed by atoms with Crippen LogP contribution in [0.4, 0.5) is 4.79 Å². The van der Waals surface area contributed by atoms with Gasteiger partial charge in [-0.1, -0.05) is 86.6 Å². The number of carbonyl (C=O) groups is 4. The first-order valence-electron chi connectivity index (χ1n) is 16.7. The van der Waals surface area contributed by atoms with Gasteiger partial charge in [0.1, 0.15) is 6.23 Å². The van der Waals surface area contributed by atoms with Gasteiger partial charge in [0, 0.05) is 25.4 Å². The summed E-state index contributed by atoms with van der Waals surface area (Å²) < 4.78 is 1.55. The first kappa shape index (κ1) is 37.2. The lowest BCUT2D eigenvalue weighted by molar-refractivity contribution is -0.140. The van der Waals surface area contributed by atoms with Crippen molar-refractivity contribution in [3.8, 4) is 0 Å². The molecule has 2 aliphatic rings. The van der Waals surface area contributed by atoms with Crippen LogP contribution in [0.15, 0.2) is 29.2 Å². The average Bonchev–Trinajstić information content (AvgIpc) is 3.32. The van der Waals surface area contributed by atoms with Crippen LogP contribution in [0.2, 0.25) is 0 Å². The molecule has 0 radical (unpaired) electrons. The lowest BCUT2D eigenvalue weighted by Gasteiger charge is -2.41. The summed E-state index contributed by atoms with van der Waals surface area (Å²) in [5.41, 5.74) is 4.13. The summed E-state index contributed by atoms with van der Waals surface area (Å²) in [6.45, 7) is 14.2. The molecule has 2 unspecified atom stereocenters. The maximum Gasteiger partial charge on any atom is 0.315 e. The molecule has 0 bridgehead atoms. The van der Waals surface area contributed by atoms with Crippen molar-refractivity contribution < 1.29 is 24.3 Å². The van der Waals surface area contributed by atoms with Crippen molar-refractivity contribution in [2.75, 3.05) is 6.54 Å². The first-order valence-corrected chi connectivity index (χ1v) is 16.7. The van der Waals surface area contributed by atoms with E-state index in [1.807, 2.05) is 48.5 Å². The van der Waals surface area contributed by atoms with Gasteiger partial charge in [-0.05, 0) is 41.6 Å². The fourth-order valence-corrected chi connectivity index (χ4v) is 6.34. The molecular formula is C34H56N6O6. The monoisotopic (exact) mass is 644 g/mol. The molecule has 3 rings (SSSR count). The number of nitrogens with zero attached hydrogens (tertiary/aromatic N) is 2. The molecule has 0 aromatic carbocycles. The molecule has 12 heteroatoms. The van der Waals surface area contributed by atoms with Crippen molar-refractivity contribution in [3.63, 3.8) is 0 Å². The first-order chi connectivity index (χ1) is 21.4. The van der Waals surface area contributed by atoms with E-state index in [2.05, 4.69) is 16.0 Å². The summed E-state index contributed by atoms with van der Waals surface area (Å²) in [6.07, 6.45) is 6.37. The summed E-state index contributed by atoms with van der Waals surface area (Å²) in [7, 11) is 0. The molecule has 46 heavy (non-hydrogen) atoms. The Labute approximate surface area is 273 Å². The highest BCUT2D eigenvalue weighted by molar-refractivity contribution is 6.37. The van der Waals surface area contributed by atoms with Crippen LogP contribution in [0.5, 0.6) is 0 Å². The van der Waals surface area contributed by atoms with Crippen LogP contribution >= 0.6 is 0 Å². The van der Waals surface area contributed by atoms with Crippen LogP contribution in [-0.4, -0.2) is 75.1 Å². The average molecular weight is 645 g/mol. The van der Waals surface area contributed by atoms with Gasteiger partial charge in [-0.3, -0.25) is 24.1 Å². The number of ketones is 1. The number of carbonyl (C=O) groups excluding carboxylic acids is 4. The van der Waals surface area contributed by atoms with Crippen LogP contribution in [0.3, 0.4) is 0 Å². The Morgan fingerprint density at radius 3 is 2.24 bits per heavy atom. The van der Waals surface area contributed by atoms with Crippen LogP contribution < -0.4 is 27.2 Å². The number of primary amides is 1. The fourth-order valence-electron chi connectivity index (χ4n) is 6.34. The smallest absolute Gasteiger partial charge is 0.315 e. The second-order valence-electron chi connectivity index (χ2n) is 15.6. The van der Waals surface area contributed by atoms with E-state index in [1.54, 1.807) is 27.8 Å². The third kappa shape index (κ3) is 10.1. The molecule has 1 aliphatic carbocycles. The Morgan fingerprint density at radius 2 is 1.70 bits per heavy atom. The van der Waals surface area contributed by atoms with Crippen molar-refractivity contribution in [2.45, 2.75) is 130 Å². The molecule has 4 amide bonds. The van der Waals surface area contributed by atoms with E-state index in [1.165, 1.54) is 25.3 Å². The SMILES string of the molecule is C[C@@H]1C[C@@H](C(=O)NC(CCCC2CCC2)C(=O)C(N)=O)N(C(O)[C@@H](NC(=O)N[C@H](Cn2ccccc2=O)C(C)(C)C)C(C)(C)C)C1. The lowest BCUT2D eigenvalue weighted by Crippen LogP contribution is -2.63. The Hall–Kier alpha value is -3.25. The minimum absolute atomic E-state index is 0.0539. The van der Waals surface area contributed by atoms with Gasteiger partial charge in [-0.25, -0.2) is 4.79 Å². The molecule has 6 atom stereocenters. The summed E-state index contributed by atoms with van der Waals surface area (Å²) in [6, 6.07) is 1.39. The molecule has 1 aliphatic heterocycles. The number of nitrogens with one attached hydrogen (secondary N) is 3. The number of hydrogen-bond acceptors (Lipinski definition) is 7. The van der Waals surface area contributed by atoms with E-state index >= 15 is 0 Å². The van der Waals surface area contributed by atoms with Crippen molar-refractivity contribution in [1.29, 1.82) is 0 Å². The summed E-state index contributed by atoms with van der Waals surface area (Å²) in [4.78, 5) is 65.7. The van der Waals surface area contributed by atoms with Crippen LogP contribution in [0, 0.1) is 22.7 Å². The number of urea groups is 1. The predicted molar refractivity (Wildman–Crippen MR) is 176 cm³/mol. The molecule has 0 spiro atoms. The number of aliphatic hydroxyl groups excluding tert-OH is 1. The number of amides is 4. The highest BCUT2D eigenvalue weighted by Gasteiger charge is 2.45. The fraction of sp³-hybridized carbons (Fsp3) is 0.735. The minimum Gasteiger partial charge on any atom is -0.376 e. The number of aromatic nitrogens is 1. The molecule has 2 fully saturated rings. The van der Waals surface area contributed by atoms with Crippen LogP contribution in [0.1, 0.15) is 93.4 Å². The van der Waals surface area contributed by atoms with Gasteiger partial charge in [0.2, 0.25) is 11.7 Å². The number of hydrogen-bond donors (Lipinski definition) is 5. The second-order valence-corrected chi connectivity index (χ2v) is 15.6. The third-order valence-corrected chi connectivity index (χ3v) is 9.54. The molecule has 6 N–H and O–H groups in total. The topological polar surface area (TPSA) is 176 Å². The molecule has 1 saturated carbocycles. The zero-order chi connectivity index (χ0) is 34.4. The largest absolute Gasteiger partial charge is 0.376 e. The zero-order valence-corrected chi connectivity index (χ0v) is 28.7. The number of pyridine rings is 1. The predicted octanol–water partition coefficient (Wildman–Crippen LogP) is 2.52. The van der Waals surface area contributed by atoms with Gasteiger partial charge in [0.05, 0.1) is 24.2 Å². The van der Waals surface area contributed by atoms with E-state index in [0.717, 1.165) is 6.42 Å². The number of aliphatic hydroxyl groups is 1. The maximum atomic E-state index is 13.7. The van der Waals surface area contributed by atoms with Gasteiger partial charge >= 0.3 is 6.03 Å². The van der Waals surface area contributed by atoms with Crippen molar-refractivity contribution in [2.24, 2.45) is 28.4 Å². The van der Waals surface area contributed by atoms with Crippen molar-refractivity contribution in [1.82, 2.24) is 25.4 Å². The molecule has 12 nitrogen and oxygen atoms in total. The Bertz CT molecular complexity index is 1280. The van der Waals surface area contributed by atoms with Gasteiger partial charge in [0.25, 0.3) is 11.5 Å².